The summed E-state index contributed by atoms with van der Waals surface area (Å²) in [4.78, 5) is 46.6. The van der Waals surface area contributed by atoms with Crippen LogP contribution in [0.4, 0.5) is 0 Å². The van der Waals surface area contributed by atoms with Crippen LogP contribution < -0.4 is 11.1 Å². The summed E-state index contributed by atoms with van der Waals surface area (Å²) in [6.45, 7) is 1.63. The molecule has 0 spiro atoms. The van der Waals surface area contributed by atoms with Gasteiger partial charge in [-0.1, -0.05) is 0 Å². The zero-order valence-corrected chi connectivity index (χ0v) is 11.3. The topological polar surface area (TPSA) is 130 Å². The molecule has 3 amide bonds. The van der Waals surface area contributed by atoms with Crippen LogP contribution in [0.3, 0.4) is 0 Å². The van der Waals surface area contributed by atoms with Crippen LogP contribution >= 0.6 is 0 Å². The van der Waals surface area contributed by atoms with Crippen LogP contribution in [0, 0.1) is 0 Å². The maximum atomic E-state index is 12.3. The van der Waals surface area contributed by atoms with Crippen LogP contribution in [0.25, 0.3) is 0 Å². The van der Waals surface area contributed by atoms with Crippen molar-refractivity contribution in [3.8, 4) is 0 Å². The van der Waals surface area contributed by atoms with E-state index in [1.165, 1.54) is 11.8 Å². The lowest BCUT2D eigenvalue weighted by atomic mass is 10.1. The third-order valence-electron chi connectivity index (χ3n) is 3.19. The van der Waals surface area contributed by atoms with E-state index in [-0.39, 0.29) is 12.8 Å². The summed E-state index contributed by atoms with van der Waals surface area (Å²) in [7, 11) is 0. The van der Waals surface area contributed by atoms with E-state index in [4.69, 9.17) is 10.8 Å². The molecule has 4 N–H and O–H groups in total. The fraction of sp³-hybridized carbons (Fsp3) is 0.667. The number of carboxylic acid groups (broad SMARTS) is 1. The highest BCUT2D eigenvalue weighted by Crippen LogP contribution is 2.19. The molecule has 1 aliphatic heterocycles. The lowest BCUT2D eigenvalue weighted by molar-refractivity contribution is -0.142. The molecule has 8 heteroatoms. The molecule has 1 heterocycles. The summed E-state index contributed by atoms with van der Waals surface area (Å²) in [6, 6.07) is -1.62. The van der Waals surface area contributed by atoms with Crippen LogP contribution in [0.2, 0.25) is 0 Å². The number of nitrogens with two attached hydrogens (primary N) is 1. The fourth-order valence-electron chi connectivity index (χ4n) is 2.30. The lowest BCUT2D eigenvalue weighted by Gasteiger charge is -2.27. The van der Waals surface area contributed by atoms with E-state index in [2.05, 4.69) is 5.32 Å². The number of rotatable bonds is 6. The van der Waals surface area contributed by atoms with Gasteiger partial charge in [-0.05, 0) is 19.3 Å². The number of hydrogen-bond acceptors (Lipinski definition) is 4. The second-order valence-electron chi connectivity index (χ2n) is 4.78. The highest BCUT2D eigenvalue weighted by atomic mass is 16.4. The number of amides is 3. The molecule has 1 saturated heterocycles. The summed E-state index contributed by atoms with van der Waals surface area (Å²) in [5.74, 6) is -2.53. The standard InChI is InChI=1S/C12H19N3O5/c1-7(16)14-8(4-5-10(17)18)12(20)15-6-2-3-9(15)11(13)19/h8-9H,2-6H2,1H3,(H2,13,19)(H,14,16)(H,17,18)/t8?,9-/m0/s1. The first-order chi connectivity index (χ1) is 9.32. The molecule has 0 aromatic rings. The number of carbonyl (C=O) groups is 4. The maximum Gasteiger partial charge on any atom is 0.303 e. The van der Waals surface area contributed by atoms with Crippen LogP contribution in [0.1, 0.15) is 32.6 Å². The minimum atomic E-state index is -1.05. The van der Waals surface area contributed by atoms with Gasteiger partial charge in [-0.15, -0.1) is 0 Å². The van der Waals surface area contributed by atoms with Crippen LogP contribution in [0.5, 0.6) is 0 Å². The van der Waals surface area contributed by atoms with Gasteiger partial charge in [0.15, 0.2) is 0 Å². The van der Waals surface area contributed by atoms with Gasteiger partial charge in [-0.25, -0.2) is 0 Å². The number of hydrogen-bond donors (Lipinski definition) is 3. The van der Waals surface area contributed by atoms with Crippen LogP contribution in [-0.4, -0.2) is 52.3 Å². The van der Waals surface area contributed by atoms with Gasteiger partial charge < -0.3 is 21.1 Å². The van der Waals surface area contributed by atoms with Gasteiger partial charge in [-0.3, -0.25) is 19.2 Å². The molecule has 0 aromatic carbocycles. The van der Waals surface area contributed by atoms with Crippen molar-refractivity contribution in [2.75, 3.05) is 6.54 Å². The predicted octanol–water partition coefficient (Wildman–Crippen LogP) is -1.17. The van der Waals surface area contributed by atoms with Gasteiger partial charge in [-0.2, -0.15) is 0 Å². The van der Waals surface area contributed by atoms with Gasteiger partial charge in [0.25, 0.3) is 0 Å². The molecule has 1 fully saturated rings. The average Bonchev–Trinajstić information content (AvgIpc) is 2.82. The smallest absolute Gasteiger partial charge is 0.303 e. The molecule has 2 atom stereocenters. The molecule has 0 bridgehead atoms. The molecule has 1 rings (SSSR count). The number of aliphatic carboxylic acids is 1. The molecular weight excluding hydrogens is 266 g/mol. The van der Waals surface area contributed by atoms with Crippen LogP contribution in [0.15, 0.2) is 0 Å². The van der Waals surface area contributed by atoms with Crippen LogP contribution in [-0.2, 0) is 19.2 Å². The first-order valence-corrected chi connectivity index (χ1v) is 6.41. The summed E-state index contributed by atoms with van der Waals surface area (Å²) in [5.41, 5.74) is 5.24. The predicted molar refractivity (Wildman–Crippen MR) is 68.4 cm³/mol. The summed E-state index contributed by atoms with van der Waals surface area (Å²) in [6.07, 6.45) is 0.888. The Labute approximate surface area is 116 Å². The van der Waals surface area contributed by atoms with E-state index < -0.39 is 35.8 Å². The Morgan fingerprint density at radius 1 is 1.40 bits per heavy atom. The average molecular weight is 285 g/mol. The Morgan fingerprint density at radius 3 is 2.55 bits per heavy atom. The number of primary amides is 1. The Balaban J connectivity index is 2.77. The molecule has 0 aromatic heterocycles. The van der Waals surface area contributed by atoms with Crippen molar-refractivity contribution >= 4 is 23.7 Å². The van der Waals surface area contributed by atoms with Crippen molar-refractivity contribution in [3.63, 3.8) is 0 Å². The Morgan fingerprint density at radius 2 is 2.05 bits per heavy atom. The number of carbonyl (C=O) groups excluding carboxylic acids is 3. The van der Waals surface area contributed by atoms with E-state index >= 15 is 0 Å². The first-order valence-electron chi connectivity index (χ1n) is 6.41. The van der Waals surface area contributed by atoms with Gasteiger partial charge in [0.2, 0.25) is 17.7 Å². The van der Waals surface area contributed by atoms with E-state index in [0.717, 1.165) is 0 Å². The minimum Gasteiger partial charge on any atom is -0.481 e. The summed E-state index contributed by atoms with van der Waals surface area (Å²) in [5, 5.41) is 11.1. The quantitative estimate of drug-likeness (QED) is 0.566. The lowest BCUT2D eigenvalue weighted by Crippen LogP contribution is -2.52. The van der Waals surface area contributed by atoms with E-state index in [0.29, 0.717) is 19.4 Å². The monoisotopic (exact) mass is 285 g/mol. The Bertz CT molecular complexity index is 423. The largest absolute Gasteiger partial charge is 0.481 e. The zero-order valence-electron chi connectivity index (χ0n) is 11.3. The third kappa shape index (κ3) is 4.22. The normalized spacial score (nSPS) is 19.4. The zero-order chi connectivity index (χ0) is 15.3. The molecule has 8 nitrogen and oxygen atoms in total. The molecule has 1 unspecified atom stereocenters. The third-order valence-corrected chi connectivity index (χ3v) is 3.19. The summed E-state index contributed by atoms with van der Waals surface area (Å²) < 4.78 is 0. The minimum absolute atomic E-state index is 0.0181. The van der Waals surface area contributed by atoms with Crippen molar-refractivity contribution in [3.05, 3.63) is 0 Å². The SMILES string of the molecule is CC(=O)NC(CCC(=O)O)C(=O)N1CCC[C@H]1C(N)=O. The van der Waals surface area contributed by atoms with E-state index in [9.17, 15) is 19.2 Å². The number of nitrogens with one attached hydrogen (secondary N) is 1. The fourth-order valence-corrected chi connectivity index (χ4v) is 2.30. The first kappa shape index (κ1) is 15.9. The Hall–Kier alpha value is -2.12. The Kier molecular flexibility index (Phi) is 5.48. The number of likely N-dealkylation sites (tertiary alicyclic amines) is 1. The molecule has 1 aliphatic rings. The van der Waals surface area contributed by atoms with Gasteiger partial charge in [0.05, 0.1) is 0 Å². The molecule has 0 radical (unpaired) electrons. The molecular formula is C12H19N3O5. The van der Waals surface area contributed by atoms with E-state index in [1.807, 2.05) is 0 Å². The van der Waals surface area contributed by atoms with E-state index in [1.54, 1.807) is 0 Å². The highest BCUT2D eigenvalue weighted by Gasteiger charge is 2.36. The van der Waals surface area contributed by atoms with Crippen molar-refractivity contribution in [2.45, 2.75) is 44.7 Å². The van der Waals surface area contributed by atoms with Crippen molar-refractivity contribution in [1.29, 1.82) is 0 Å². The second-order valence-corrected chi connectivity index (χ2v) is 4.78. The summed E-state index contributed by atoms with van der Waals surface area (Å²) >= 11 is 0. The highest BCUT2D eigenvalue weighted by molar-refractivity contribution is 5.92. The molecule has 20 heavy (non-hydrogen) atoms. The molecule has 0 aliphatic carbocycles. The molecule has 112 valence electrons. The second kappa shape index (κ2) is 6.88. The number of carboxylic acids is 1. The van der Waals surface area contributed by atoms with Crippen molar-refractivity contribution in [1.82, 2.24) is 10.2 Å². The van der Waals surface area contributed by atoms with Gasteiger partial charge in [0, 0.05) is 19.9 Å². The molecule has 0 saturated carbocycles. The maximum absolute atomic E-state index is 12.3. The van der Waals surface area contributed by atoms with Crippen molar-refractivity contribution in [2.24, 2.45) is 5.73 Å². The van der Waals surface area contributed by atoms with Gasteiger partial charge >= 0.3 is 5.97 Å². The van der Waals surface area contributed by atoms with Crippen molar-refractivity contribution < 1.29 is 24.3 Å². The van der Waals surface area contributed by atoms with Gasteiger partial charge in [0.1, 0.15) is 12.1 Å². The number of nitrogens with zero attached hydrogens (tertiary/aromatic N) is 1.